The molecule has 0 bridgehead atoms. The minimum Gasteiger partial charge on any atom is -0.311 e. The Kier molecular flexibility index (Phi) is 5.10. The number of rotatable bonds is 6. The van der Waals surface area contributed by atoms with Crippen molar-refractivity contribution >= 4 is 15.9 Å². The van der Waals surface area contributed by atoms with Crippen LogP contribution >= 0.6 is 15.9 Å². The van der Waals surface area contributed by atoms with Gasteiger partial charge in [0.25, 0.3) is 0 Å². The summed E-state index contributed by atoms with van der Waals surface area (Å²) < 4.78 is 2.96. The van der Waals surface area contributed by atoms with Crippen LogP contribution in [0.15, 0.2) is 34.9 Å². The third-order valence-corrected chi connectivity index (χ3v) is 3.23. The fourth-order valence-electron chi connectivity index (χ4n) is 1.76. The first kappa shape index (κ1) is 14.2. The van der Waals surface area contributed by atoms with Gasteiger partial charge in [0.05, 0.1) is 18.4 Å². The average Bonchev–Trinajstić information content (AvgIpc) is 2.79. The predicted octanol–water partition coefficient (Wildman–Crippen LogP) is 2.83. The lowest BCUT2D eigenvalue weighted by Gasteiger charge is -2.04. The van der Waals surface area contributed by atoms with Crippen LogP contribution in [0, 0.1) is 5.92 Å². The molecule has 2 rings (SSSR count). The lowest BCUT2D eigenvalue weighted by Crippen LogP contribution is -2.19. The second-order valence-electron chi connectivity index (χ2n) is 5.06. The molecule has 19 heavy (non-hydrogen) atoms. The Bertz CT molecular complexity index is 504. The number of aromatic nitrogens is 3. The highest BCUT2D eigenvalue weighted by molar-refractivity contribution is 9.10. The van der Waals surface area contributed by atoms with E-state index in [0.29, 0.717) is 5.92 Å². The molecule has 2 aromatic rings. The van der Waals surface area contributed by atoms with Crippen LogP contribution < -0.4 is 5.32 Å². The summed E-state index contributed by atoms with van der Waals surface area (Å²) in [6.45, 7) is 6.91. The number of hydrogen-bond acceptors (Lipinski definition) is 3. The SMILES string of the molecule is CC(C)CNCc1cn(Cc2ccc(Br)cc2)nn1. The third kappa shape index (κ3) is 4.76. The van der Waals surface area contributed by atoms with Gasteiger partial charge in [0, 0.05) is 11.0 Å². The lowest BCUT2D eigenvalue weighted by molar-refractivity contribution is 0.548. The van der Waals surface area contributed by atoms with Gasteiger partial charge in [0.1, 0.15) is 0 Å². The molecular weight excluding hydrogens is 304 g/mol. The van der Waals surface area contributed by atoms with E-state index in [2.05, 4.69) is 57.5 Å². The van der Waals surface area contributed by atoms with Gasteiger partial charge in [-0.2, -0.15) is 0 Å². The van der Waals surface area contributed by atoms with E-state index in [1.165, 1.54) is 5.56 Å². The Morgan fingerprint density at radius 1 is 1.26 bits per heavy atom. The second kappa shape index (κ2) is 6.82. The standard InChI is InChI=1S/C14H19BrN4/c1-11(2)7-16-8-14-10-19(18-17-14)9-12-3-5-13(15)6-4-12/h3-6,10-11,16H,7-9H2,1-2H3. The molecule has 102 valence electrons. The number of benzene rings is 1. The van der Waals surface area contributed by atoms with Gasteiger partial charge in [-0.05, 0) is 30.2 Å². The van der Waals surface area contributed by atoms with Gasteiger partial charge in [-0.25, -0.2) is 4.68 Å². The quantitative estimate of drug-likeness (QED) is 0.889. The second-order valence-corrected chi connectivity index (χ2v) is 5.97. The molecule has 4 nitrogen and oxygen atoms in total. The Morgan fingerprint density at radius 3 is 2.68 bits per heavy atom. The molecule has 0 aliphatic rings. The van der Waals surface area contributed by atoms with E-state index in [-0.39, 0.29) is 0 Å². The van der Waals surface area contributed by atoms with Crippen LogP contribution in [0.5, 0.6) is 0 Å². The summed E-state index contributed by atoms with van der Waals surface area (Å²) in [6, 6.07) is 8.25. The molecule has 0 radical (unpaired) electrons. The molecule has 0 saturated heterocycles. The van der Waals surface area contributed by atoms with Gasteiger partial charge in [0.2, 0.25) is 0 Å². The molecule has 1 aromatic carbocycles. The summed E-state index contributed by atoms with van der Waals surface area (Å²) >= 11 is 3.43. The van der Waals surface area contributed by atoms with Gasteiger partial charge >= 0.3 is 0 Å². The molecule has 0 aliphatic carbocycles. The van der Waals surface area contributed by atoms with E-state index in [1.807, 2.05) is 23.0 Å². The summed E-state index contributed by atoms with van der Waals surface area (Å²) in [5.74, 6) is 0.651. The first-order valence-corrected chi connectivity index (χ1v) is 7.27. The van der Waals surface area contributed by atoms with Crippen molar-refractivity contribution in [3.05, 3.63) is 46.2 Å². The fraction of sp³-hybridized carbons (Fsp3) is 0.429. The van der Waals surface area contributed by atoms with E-state index in [4.69, 9.17) is 0 Å². The summed E-state index contributed by atoms with van der Waals surface area (Å²) in [5.41, 5.74) is 2.20. The molecule has 0 aliphatic heterocycles. The van der Waals surface area contributed by atoms with E-state index in [9.17, 15) is 0 Å². The molecule has 0 saturated carbocycles. The minimum atomic E-state index is 0.651. The van der Waals surface area contributed by atoms with Crippen molar-refractivity contribution in [2.24, 2.45) is 5.92 Å². The normalized spacial score (nSPS) is 11.2. The highest BCUT2D eigenvalue weighted by atomic mass is 79.9. The molecule has 1 heterocycles. The topological polar surface area (TPSA) is 42.7 Å². The Balaban J connectivity index is 1.88. The number of halogens is 1. The fourth-order valence-corrected chi connectivity index (χ4v) is 2.03. The van der Waals surface area contributed by atoms with Crippen molar-refractivity contribution in [1.82, 2.24) is 20.3 Å². The molecule has 5 heteroatoms. The van der Waals surface area contributed by atoms with Crippen molar-refractivity contribution in [2.45, 2.75) is 26.9 Å². The molecule has 1 aromatic heterocycles. The molecule has 0 fully saturated rings. The van der Waals surface area contributed by atoms with Gasteiger partial charge in [-0.3, -0.25) is 0 Å². The zero-order valence-electron chi connectivity index (χ0n) is 11.3. The van der Waals surface area contributed by atoms with Crippen molar-refractivity contribution in [3.8, 4) is 0 Å². The molecule has 0 atom stereocenters. The Labute approximate surface area is 122 Å². The molecular formula is C14H19BrN4. The van der Waals surface area contributed by atoms with Crippen LogP contribution in [-0.2, 0) is 13.1 Å². The summed E-state index contributed by atoms with van der Waals surface area (Å²) in [7, 11) is 0. The van der Waals surface area contributed by atoms with E-state index in [1.54, 1.807) is 0 Å². The van der Waals surface area contributed by atoms with Crippen LogP contribution in [0.2, 0.25) is 0 Å². The highest BCUT2D eigenvalue weighted by Gasteiger charge is 2.02. The molecule has 0 spiro atoms. The molecule has 0 amide bonds. The van der Waals surface area contributed by atoms with Crippen molar-refractivity contribution in [1.29, 1.82) is 0 Å². The van der Waals surface area contributed by atoms with Crippen LogP contribution in [0.3, 0.4) is 0 Å². The first-order valence-electron chi connectivity index (χ1n) is 6.47. The first-order chi connectivity index (χ1) is 9.13. The van der Waals surface area contributed by atoms with Crippen LogP contribution in [-0.4, -0.2) is 21.5 Å². The highest BCUT2D eigenvalue weighted by Crippen LogP contribution is 2.11. The minimum absolute atomic E-state index is 0.651. The Hall–Kier alpha value is -1.20. The Morgan fingerprint density at radius 2 is 2.00 bits per heavy atom. The van der Waals surface area contributed by atoms with Crippen molar-refractivity contribution < 1.29 is 0 Å². The number of nitrogens with zero attached hydrogens (tertiary/aromatic N) is 3. The predicted molar refractivity (Wildman–Crippen MR) is 79.8 cm³/mol. The maximum Gasteiger partial charge on any atom is 0.0964 e. The van der Waals surface area contributed by atoms with Crippen LogP contribution in [0.25, 0.3) is 0 Å². The van der Waals surface area contributed by atoms with Gasteiger partial charge in [-0.1, -0.05) is 47.1 Å². The number of nitrogens with one attached hydrogen (secondary N) is 1. The van der Waals surface area contributed by atoms with Gasteiger partial charge < -0.3 is 5.32 Å². The maximum absolute atomic E-state index is 4.17. The van der Waals surface area contributed by atoms with E-state index < -0.39 is 0 Å². The molecule has 1 N–H and O–H groups in total. The van der Waals surface area contributed by atoms with Crippen molar-refractivity contribution in [3.63, 3.8) is 0 Å². The summed E-state index contributed by atoms with van der Waals surface area (Å²) in [5, 5.41) is 11.7. The number of hydrogen-bond donors (Lipinski definition) is 1. The molecule has 0 unspecified atom stereocenters. The zero-order chi connectivity index (χ0) is 13.7. The lowest BCUT2D eigenvalue weighted by atomic mass is 10.2. The summed E-state index contributed by atoms with van der Waals surface area (Å²) in [4.78, 5) is 0. The zero-order valence-corrected chi connectivity index (χ0v) is 12.9. The summed E-state index contributed by atoms with van der Waals surface area (Å²) in [6.07, 6.45) is 2.00. The van der Waals surface area contributed by atoms with Crippen molar-refractivity contribution in [2.75, 3.05) is 6.54 Å². The average molecular weight is 323 g/mol. The smallest absolute Gasteiger partial charge is 0.0964 e. The van der Waals surface area contributed by atoms with E-state index >= 15 is 0 Å². The third-order valence-electron chi connectivity index (χ3n) is 2.70. The van der Waals surface area contributed by atoms with Gasteiger partial charge in [-0.15, -0.1) is 5.10 Å². The maximum atomic E-state index is 4.17. The monoisotopic (exact) mass is 322 g/mol. The van der Waals surface area contributed by atoms with Crippen LogP contribution in [0.4, 0.5) is 0 Å². The van der Waals surface area contributed by atoms with E-state index in [0.717, 1.165) is 29.8 Å². The van der Waals surface area contributed by atoms with Gasteiger partial charge in [0.15, 0.2) is 0 Å². The largest absolute Gasteiger partial charge is 0.311 e. The van der Waals surface area contributed by atoms with Crippen LogP contribution in [0.1, 0.15) is 25.1 Å².